The lowest BCUT2D eigenvalue weighted by Crippen LogP contribution is -2.33. The summed E-state index contributed by atoms with van der Waals surface area (Å²) in [4.78, 5) is 27.6. The molecule has 35 heavy (non-hydrogen) atoms. The fourth-order valence-corrected chi connectivity index (χ4v) is 4.71. The van der Waals surface area contributed by atoms with Gasteiger partial charge in [-0.15, -0.1) is 0 Å². The molecular weight excluding hydrogens is 443 g/mol. The lowest BCUT2D eigenvalue weighted by Gasteiger charge is -2.21. The molecule has 1 aliphatic carbocycles. The summed E-state index contributed by atoms with van der Waals surface area (Å²) in [6, 6.07) is 18.7. The van der Waals surface area contributed by atoms with Gasteiger partial charge in [0.15, 0.2) is 0 Å². The summed E-state index contributed by atoms with van der Waals surface area (Å²) in [7, 11) is 1.81. The number of halogens is 1. The molecule has 5 rings (SSSR count). The Morgan fingerprint density at radius 3 is 2.46 bits per heavy atom. The monoisotopic (exact) mass is 474 g/mol. The van der Waals surface area contributed by atoms with Crippen LogP contribution in [0.4, 0.5) is 10.1 Å². The average Bonchev–Trinajstić information content (AvgIpc) is 3.62. The molecule has 2 fully saturated rings. The van der Waals surface area contributed by atoms with E-state index in [1.165, 1.54) is 12.1 Å². The number of fused-ring (bicyclic) bond motifs is 1. The van der Waals surface area contributed by atoms with E-state index in [0.29, 0.717) is 17.8 Å². The van der Waals surface area contributed by atoms with Gasteiger partial charge >= 0.3 is 0 Å². The van der Waals surface area contributed by atoms with Crippen LogP contribution in [0.15, 0.2) is 60.7 Å². The van der Waals surface area contributed by atoms with Crippen molar-refractivity contribution in [1.82, 2.24) is 15.8 Å². The molecule has 2 unspecified atom stereocenters. The summed E-state index contributed by atoms with van der Waals surface area (Å²) >= 11 is 0. The van der Waals surface area contributed by atoms with E-state index >= 15 is 0 Å². The highest BCUT2D eigenvalue weighted by molar-refractivity contribution is 6.08. The van der Waals surface area contributed by atoms with Crippen LogP contribution >= 0.6 is 0 Å². The van der Waals surface area contributed by atoms with E-state index in [1.807, 2.05) is 55.6 Å². The first kappa shape index (κ1) is 23.5. The van der Waals surface area contributed by atoms with Crippen LogP contribution in [0.2, 0.25) is 0 Å². The predicted octanol–water partition coefficient (Wildman–Crippen LogP) is 4.79. The van der Waals surface area contributed by atoms with Crippen molar-refractivity contribution in [1.29, 1.82) is 0 Å². The Hall–Kier alpha value is -3.29. The highest BCUT2D eigenvalue weighted by atomic mass is 19.1. The van der Waals surface area contributed by atoms with Gasteiger partial charge in [0.25, 0.3) is 5.91 Å². The minimum absolute atomic E-state index is 0.00694. The zero-order valence-electron chi connectivity index (χ0n) is 19.9. The number of nitrogens with zero attached hydrogens (tertiary/aromatic N) is 1. The van der Waals surface area contributed by atoms with Gasteiger partial charge in [-0.05, 0) is 72.7 Å². The highest BCUT2D eigenvalue weighted by Crippen LogP contribution is 2.32. The Labute approximate surface area is 204 Å². The number of amides is 2. The molecule has 6 nitrogen and oxygen atoms in total. The fraction of sp³-hybridized carbons (Fsp3) is 0.357. The maximum Gasteiger partial charge on any atom is 0.255 e. The maximum atomic E-state index is 13.4. The van der Waals surface area contributed by atoms with Crippen LogP contribution in [-0.2, 0) is 4.79 Å². The van der Waals surface area contributed by atoms with Gasteiger partial charge in [-0.1, -0.05) is 36.4 Å². The van der Waals surface area contributed by atoms with Crippen LogP contribution in [-0.4, -0.2) is 36.3 Å². The molecular formula is C28H31FN4O2. The van der Waals surface area contributed by atoms with Crippen molar-refractivity contribution in [2.45, 2.75) is 44.2 Å². The normalized spacial score (nSPS) is 19.6. The number of anilines is 1. The molecule has 2 aliphatic rings. The highest BCUT2D eigenvalue weighted by Gasteiger charge is 2.31. The van der Waals surface area contributed by atoms with Crippen molar-refractivity contribution in [3.05, 3.63) is 77.6 Å². The molecule has 1 saturated carbocycles. The standard InChI is InChI=1S/C28H31FN4O2/c1-33(14-4-7-23-17-25(32-31-23)18-10-12-22(29)13-11-18)28(35)24-15-20-5-2-3-6-21(20)16-26(24)30-27(34)19-8-9-19/h2-3,5-6,10-13,15-16,19,23,25,31-32H,4,7-9,14,17H2,1H3,(H,30,34). The van der Waals surface area contributed by atoms with E-state index in [1.54, 1.807) is 4.90 Å². The van der Waals surface area contributed by atoms with Crippen LogP contribution in [0.3, 0.4) is 0 Å². The Morgan fingerprint density at radius 1 is 1.03 bits per heavy atom. The molecule has 0 bridgehead atoms. The smallest absolute Gasteiger partial charge is 0.255 e. The van der Waals surface area contributed by atoms with Crippen molar-refractivity contribution in [2.24, 2.45) is 5.92 Å². The van der Waals surface area contributed by atoms with E-state index < -0.39 is 0 Å². The molecule has 182 valence electrons. The quantitative estimate of drug-likeness (QED) is 0.439. The summed E-state index contributed by atoms with van der Waals surface area (Å²) < 4.78 is 13.2. The van der Waals surface area contributed by atoms with Crippen molar-refractivity contribution >= 4 is 28.3 Å². The Bertz CT molecular complexity index is 1230. The van der Waals surface area contributed by atoms with Gasteiger partial charge in [-0.2, -0.15) is 0 Å². The molecule has 1 aliphatic heterocycles. The minimum Gasteiger partial charge on any atom is -0.342 e. The largest absolute Gasteiger partial charge is 0.342 e. The Morgan fingerprint density at radius 2 is 1.74 bits per heavy atom. The zero-order valence-corrected chi connectivity index (χ0v) is 19.9. The molecule has 0 aromatic heterocycles. The summed E-state index contributed by atoms with van der Waals surface area (Å²) in [5.41, 5.74) is 8.79. The van der Waals surface area contributed by atoms with Crippen molar-refractivity contribution in [3.63, 3.8) is 0 Å². The molecule has 0 radical (unpaired) electrons. The summed E-state index contributed by atoms with van der Waals surface area (Å²) in [6.45, 7) is 0.612. The number of hydrazine groups is 1. The zero-order chi connectivity index (χ0) is 24.4. The molecule has 3 N–H and O–H groups in total. The van der Waals surface area contributed by atoms with E-state index in [0.717, 1.165) is 48.4 Å². The Kier molecular flexibility index (Phi) is 6.79. The topological polar surface area (TPSA) is 73.5 Å². The molecule has 2 atom stereocenters. The molecule has 3 aromatic carbocycles. The second kappa shape index (κ2) is 10.1. The minimum atomic E-state index is -0.231. The van der Waals surface area contributed by atoms with Crippen molar-refractivity contribution in [3.8, 4) is 0 Å². The molecule has 0 spiro atoms. The predicted molar refractivity (Wildman–Crippen MR) is 135 cm³/mol. The number of hydrogen-bond acceptors (Lipinski definition) is 4. The lowest BCUT2D eigenvalue weighted by atomic mass is 9.99. The third-order valence-corrected chi connectivity index (χ3v) is 6.97. The van der Waals surface area contributed by atoms with E-state index in [9.17, 15) is 14.0 Å². The van der Waals surface area contributed by atoms with Gasteiger partial charge in [-0.25, -0.2) is 4.39 Å². The van der Waals surface area contributed by atoms with Gasteiger partial charge in [0.2, 0.25) is 5.91 Å². The third kappa shape index (κ3) is 5.52. The average molecular weight is 475 g/mol. The maximum absolute atomic E-state index is 13.4. The van der Waals surface area contributed by atoms with Crippen molar-refractivity contribution in [2.75, 3.05) is 18.9 Å². The van der Waals surface area contributed by atoms with E-state index in [4.69, 9.17) is 0 Å². The summed E-state index contributed by atoms with van der Waals surface area (Å²) in [5.74, 6) is -0.268. The molecule has 1 saturated heterocycles. The second-order valence-electron chi connectivity index (χ2n) is 9.70. The molecule has 1 heterocycles. The number of carbonyl (C=O) groups is 2. The summed E-state index contributed by atoms with van der Waals surface area (Å²) in [6.07, 6.45) is 4.48. The van der Waals surface area contributed by atoms with Gasteiger partial charge in [-0.3, -0.25) is 20.4 Å². The molecule has 2 amide bonds. The number of benzene rings is 3. The van der Waals surface area contributed by atoms with E-state index in [-0.39, 0.29) is 35.6 Å². The van der Waals surface area contributed by atoms with Crippen LogP contribution in [0.1, 0.15) is 54.1 Å². The van der Waals surface area contributed by atoms with Gasteiger partial charge in [0, 0.05) is 31.6 Å². The second-order valence-corrected chi connectivity index (χ2v) is 9.70. The Balaban J connectivity index is 1.20. The number of nitrogens with one attached hydrogen (secondary N) is 3. The first-order valence-corrected chi connectivity index (χ1v) is 12.3. The fourth-order valence-electron chi connectivity index (χ4n) is 4.71. The third-order valence-electron chi connectivity index (χ3n) is 6.97. The number of carbonyl (C=O) groups excluding carboxylic acids is 2. The van der Waals surface area contributed by atoms with Crippen molar-refractivity contribution < 1.29 is 14.0 Å². The van der Waals surface area contributed by atoms with Crippen LogP contribution in [0.5, 0.6) is 0 Å². The van der Waals surface area contributed by atoms with Gasteiger partial charge in [0.1, 0.15) is 5.82 Å². The molecule has 7 heteroatoms. The summed E-state index contributed by atoms with van der Waals surface area (Å²) in [5, 5.41) is 4.96. The van der Waals surface area contributed by atoms with Crippen LogP contribution in [0.25, 0.3) is 10.8 Å². The van der Waals surface area contributed by atoms with E-state index in [2.05, 4.69) is 16.2 Å². The SMILES string of the molecule is CN(CCCC1CC(c2ccc(F)cc2)NN1)C(=O)c1cc2ccccc2cc1NC(=O)C1CC1. The first-order valence-electron chi connectivity index (χ1n) is 12.3. The van der Waals surface area contributed by atoms with Gasteiger partial charge < -0.3 is 10.2 Å². The number of rotatable bonds is 8. The lowest BCUT2D eigenvalue weighted by molar-refractivity contribution is -0.117. The molecule has 3 aromatic rings. The number of hydrogen-bond donors (Lipinski definition) is 3. The first-order chi connectivity index (χ1) is 17.0. The van der Waals surface area contributed by atoms with Crippen LogP contribution in [0, 0.1) is 11.7 Å². The van der Waals surface area contributed by atoms with Crippen LogP contribution < -0.4 is 16.2 Å². The van der Waals surface area contributed by atoms with Gasteiger partial charge in [0.05, 0.1) is 11.3 Å².